The summed E-state index contributed by atoms with van der Waals surface area (Å²) in [7, 11) is 0. The van der Waals surface area contributed by atoms with Crippen LogP contribution in [0.5, 0.6) is 0 Å². The summed E-state index contributed by atoms with van der Waals surface area (Å²) < 4.78 is 41.7. The molecule has 2 heterocycles. The molecule has 7 heteroatoms. The molecule has 33 heavy (non-hydrogen) atoms. The predicted molar refractivity (Wildman–Crippen MR) is 121 cm³/mol. The Hall–Kier alpha value is -3.61. The number of hydrogen-bond acceptors (Lipinski definition) is 2. The van der Waals surface area contributed by atoms with Gasteiger partial charge in [-0.1, -0.05) is 37.3 Å². The van der Waals surface area contributed by atoms with Gasteiger partial charge in [0, 0.05) is 23.9 Å². The molecule has 167 valence electrons. The second-order valence-corrected chi connectivity index (χ2v) is 8.49. The third kappa shape index (κ3) is 3.77. The summed E-state index contributed by atoms with van der Waals surface area (Å²) in [4.78, 5) is 15.0. The first-order chi connectivity index (χ1) is 15.9. The van der Waals surface area contributed by atoms with E-state index in [-0.39, 0.29) is 11.7 Å². The van der Waals surface area contributed by atoms with Gasteiger partial charge < -0.3 is 4.90 Å². The first kappa shape index (κ1) is 21.2. The number of hydrogen-bond donors (Lipinski definition) is 0. The average molecular weight is 448 g/mol. The Labute approximate surface area is 189 Å². The van der Waals surface area contributed by atoms with Crippen LogP contribution in [-0.2, 0) is 4.79 Å². The smallest absolute Gasteiger partial charge is 0.239 e. The fourth-order valence-electron chi connectivity index (χ4n) is 4.50. The topological polar surface area (TPSA) is 38.1 Å². The van der Waals surface area contributed by atoms with Gasteiger partial charge in [0.25, 0.3) is 0 Å². The van der Waals surface area contributed by atoms with Crippen LogP contribution in [0.1, 0.15) is 24.9 Å². The Morgan fingerprint density at radius 2 is 1.70 bits per heavy atom. The van der Waals surface area contributed by atoms with Crippen LogP contribution < -0.4 is 4.90 Å². The SMILES string of the molecule is C[C@@]1(CC(F)F)[CH][C@H](c2ccccc2)N(c2ccc3c(cnn3-c3ccc(F)cc3)c2)C1=O. The number of anilines is 1. The molecule has 1 aliphatic heterocycles. The maximum absolute atomic E-state index is 13.4. The lowest BCUT2D eigenvalue weighted by atomic mass is 9.82. The van der Waals surface area contributed by atoms with Gasteiger partial charge in [0.05, 0.1) is 28.9 Å². The van der Waals surface area contributed by atoms with Crippen LogP contribution in [0.15, 0.2) is 79.0 Å². The first-order valence-corrected chi connectivity index (χ1v) is 10.6. The van der Waals surface area contributed by atoms with E-state index in [9.17, 15) is 18.0 Å². The molecule has 1 aromatic heterocycles. The van der Waals surface area contributed by atoms with Crippen LogP contribution in [0.4, 0.5) is 18.9 Å². The van der Waals surface area contributed by atoms with Crippen molar-refractivity contribution < 1.29 is 18.0 Å². The molecule has 5 rings (SSSR count). The van der Waals surface area contributed by atoms with Gasteiger partial charge in [-0.2, -0.15) is 5.10 Å². The van der Waals surface area contributed by atoms with Crippen LogP contribution in [-0.4, -0.2) is 22.1 Å². The third-order valence-corrected chi connectivity index (χ3v) is 6.13. The molecule has 1 aliphatic rings. The molecular weight excluding hydrogens is 427 g/mol. The third-order valence-electron chi connectivity index (χ3n) is 6.13. The number of carbonyl (C=O) groups is 1. The van der Waals surface area contributed by atoms with E-state index in [0.717, 1.165) is 16.5 Å². The van der Waals surface area contributed by atoms with Crippen LogP contribution in [0, 0.1) is 17.7 Å². The van der Waals surface area contributed by atoms with Crippen molar-refractivity contribution in [3.8, 4) is 5.69 Å². The normalized spacial score (nSPS) is 20.8. The minimum Gasteiger partial charge on any atom is -0.304 e. The molecule has 2 atom stereocenters. The maximum Gasteiger partial charge on any atom is 0.239 e. The van der Waals surface area contributed by atoms with E-state index in [0.29, 0.717) is 11.4 Å². The quantitative estimate of drug-likeness (QED) is 0.369. The van der Waals surface area contributed by atoms with Gasteiger partial charge in [0.15, 0.2) is 0 Å². The first-order valence-electron chi connectivity index (χ1n) is 10.6. The van der Waals surface area contributed by atoms with Crippen LogP contribution in [0.2, 0.25) is 0 Å². The number of rotatable bonds is 5. The second kappa shape index (κ2) is 8.06. The molecular formula is C26H21F3N3O. The minimum atomic E-state index is -2.59. The number of benzene rings is 3. The summed E-state index contributed by atoms with van der Waals surface area (Å²) in [6.45, 7) is 1.57. The van der Waals surface area contributed by atoms with Crippen molar-refractivity contribution in [1.29, 1.82) is 0 Å². The average Bonchev–Trinajstić information content (AvgIpc) is 3.33. The van der Waals surface area contributed by atoms with Gasteiger partial charge in [-0.05, 0) is 48.0 Å². The number of nitrogens with zero attached hydrogens (tertiary/aromatic N) is 3. The van der Waals surface area contributed by atoms with Crippen molar-refractivity contribution >= 4 is 22.5 Å². The molecule has 0 spiro atoms. The highest BCUT2D eigenvalue weighted by molar-refractivity contribution is 6.03. The van der Waals surface area contributed by atoms with E-state index in [1.54, 1.807) is 47.3 Å². The number of halogens is 3. The lowest BCUT2D eigenvalue weighted by Gasteiger charge is -2.26. The molecule has 4 aromatic rings. The summed E-state index contributed by atoms with van der Waals surface area (Å²) in [5.41, 5.74) is 1.67. The second-order valence-electron chi connectivity index (χ2n) is 8.49. The number of fused-ring (bicyclic) bond motifs is 1. The molecule has 0 bridgehead atoms. The highest BCUT2D eigenvalue weighted by Crippen LogP contribution is 2.48. The fraction of sp³-hybridized carbons (Fsp3) is 0.192. The Morgan fingerprint density at radius 1 is 1.00 bits per heavy atom. The lowest BCUT2D eigenvalue weighted by Crippen LogP contribution is -2.34. The zero-order valence-corrected chi connectivity index (χ0v) is 17.8. The largest absolute Gasteiger partial charge is 0.304 e. The number of aromatic nitrogens is 2. The fourth-order valence-corrected chi connectivity index (χ4v) is 4.50. The molecule has 1 fully saturated rings. The summed E-state index contributed by atoms with van der Waals surface area (Å²) in [5.74, 6) is -0.693. The van der Waals surface area contributed by atoms with E-state index in [1.165, 1.54) is 12.1 Å². The van der Waals surface area contributed by atoms with Crippen LogP contribution in [0.25, 0.3) is 16.6 Å². The van der Waals surface area contributed by atoms with Crippen molar-refractivity contribution in [3.63, 3.8) is 0 Å². The molecule has 1 radical (unpaired) electrons. The van der Waals surface area contributed by atoms with Gasteiger partial charge in [-0.25, -0.2) is 17.9 Å². The van der Waals surface area contributed by atoms with E-state index in [1.807, 2.05) is 42.5 Å². The number of alkyl halides is 2. The van der Waals surface area contributed by atoms with Crippen molar-refractivity contribution in [3.05, 3.63) is 96.8 Å². The summed E-state index contributed by atoms with van der Waals surface area (Å²) in [6.07, 6.45) is 0.268. The Kier molecular flexibility index (Phi) is 5.19. The molecule has 0 aliphatic carbocycles. The maximum atomic E-state index is 13.4. The molecule has 1 saturated heterocycles. The van der Waals surface area contributed by atoms with Gasteiger partial charge in [0.1, 0.15) is 5.82 Å². The highest BCUT2D eigenvalue weighted by Gasteiger charge is 2.51. The van der Waals surface area contributed by atoms with E-state index in [2.05, 4.69) is 5.10 Å². The highest BCUT2D eigenvalue weighted by atomic mass is 19.3. The molecule has 3 aromatic carbocycles. The lowest BCUT2D eigenvalue weighted by molar-refractivity contribution is -0.125. The monoisotopic (exact) mass is 448 g/mol. The van der Waals surface area contributed by atoms with Gasteiger partial charge in [0.2, 0.25) is 12.3 Å². The van der Waals surface area contributed by atoms with Crippen molar-refractivity contribution in [2.75, 3.05) is 4.90 Å². The van der Waals surface area contributed by atoms with Gasteiger partial charge in [-0.15, -0.1) is 0 Å². The number of amides is 1. The van der Waals surface area contributed by atoms with Crippen molar-refractivity contribution in [1.82, 2.24) is 9.78 Å². The molecule has 1 amide bonds. The Bertz CT molecular complexity index is 1300. The van der Waals surface area contributed by atoms with E-state index >= 15 is 0 Å². The van der Waals surface area contributed by atoms with E-state index in [4.69, 9.17) is 0 Å². The zero-order chi connectivity index (χ0) is 23.2. The van der Waals surface area contributed by atoms with E-state index < -0.39 is 24.3 Å². The Balaban J connectivity index is 1.57. The van der Waals surface area contributed by atoms with Gasteiger partial charge in [-0.3, -0.25) is 4.79 Å². The van der Waals surface area contributed by atoms with Gasteiger partial charge >= 0.3 is 0 Å². The number of carbonyl (C=O) groups excluding carboxylic acids is 1. The van der Waals surface area contributed by atoms with Crippen LogP contribution in [0.3, 0.4) is 0 Å². The van der Waals surface area contributed by atoms with Crippen LogP contribution >= 0.6 is 0 Å². The predicted octanol–water partition coefficient (Wildman–Crippen LogP) is 6.12. The van der Waals surface area contributed by atoms with Crippen molar-refractivity contribution in [2.24, 2.45) is 5.41 Å². The molecule has 0 N–H and O–H groups in total. The molecule has 0 unspecified atom stereocenters. The molecule has 0 saturated carbocycles. The van der Waals surface area contributed by atoms with Crippen molar-refractivity contribution in [2.45, 2.75) is 25.8 Å². The molecule has 4 nitrogen and oxygen atoms in total. The minimum absolute atomic E-state index is 0.333. The zero-order valence-electron chi connectivity index (χ0n) is 17.8. The summed E-state index contributed by atoms with van der Waals surface area (Å²) in [5, 5.41) is 5.19. The summed E-state index contributed by atoms with van der Waals surface area (Å²) >= 11 is 0. The summed E-state index contributed by atoms with van der Waals surface area (Å²) in [6, 6.07) is 20.4. The Morgan fingerprint density at radius 3 is 2.39 bits per heavy atom. The standard InChI is InChI=1S/C26H21F3N3O/c1-26(15-24(28)29)14-23(17-5-3-2-4-6-17)31(25(26)33)21-11-12-22-18(13-21)16-30-32(22)20-9-7-19(27)8-10-20/h2-14,16,23-24H,15H2,1H3/t23-,26+/m1/s1.